The number of ether oxygens (including phenoxy) is 1. The lowest BCUT2D eigenvalue weighted by Crippen LogP contribution is -2.09. The van der Waals surface area contributed by atoms with Crippen molar-refractivity contribution in [1.29, 1.82) is 0 Å². The molecule has 0 aliphatic carbocycles. The van der Waals surface area contributed by atoms with Gasteiger partial charge in [0, 0.05) is 9.37 Å². The minimum Gasteiger partial charge on any atom is -0.509 e. The van der Waals surface area contributed by atoms with Crippen LogP contribution in [0.4, 0.5) is 5.69 Å². The van der Waals surface area contributed by atoms with E-state index in [4.69, 9.17) is 4.74 Å². The van der Waals surface area contributed by atoms with Crippen molar-refractivity contribution in [3.63, 3.8) is 0 Å². The second-order valence-electron chi connectivity index (χ2n) is 5.27. The number of hydrogen-bond donors (Lipinski definition) is 1. The SMILES string of the molecule is CCOC(=O)C(N=Nc1ccccc1Br)=C(O)CSc1ccc(C)cc1. The smallest absolute Gasteiger partial charge is 0.362 e. The Kier molecular flexibility index (Phi) is 7.87. The number of aliphatic hydroxyl groups excluding tert-OH is 1. The third-order valence-electron chi connectivity index (χ3n) is 3.25. The van der Waals surface area contributed by atoms with E-state index in [1.165, 1.54) is 11.8 Å². The topological polar surface area (TPSA) is 71.2 Å². The molecule has 26 heavy (non-hydrogen) atoms. The van der Waals surface area contributed by atoms with Gasteiger partial charge in [-0.1, -0.05) is 29.8 Å². The quantitative estimate of drug-likeness (QED) is 0.191. The molecule has 0 aromatic heterocycles. The summed E-state index contributed by atoms with van der Waals surface area (Å²) < 4.78 is 5.72. The molecule has 0 atom stereocenters. The zero-order valence-electron chi connectivity index (χ0n) is 14.5. The van der Waals surface area contributed by atoms with E-state index in [-0.39, 0.29) is 23.8 Å². The molecular formula is C19H19BrN2O3S. The highest BCUT2D eigenvalue weighted by atomic mass is 79.9. The number of esters is 1. The van der Waals surface area contributed by atoms with E-state index >= 15 is 0 Å². The number of thioether (sulfide) groups is 1. The van der Waals surface area contributed by atoms with Gasteiger partial charge in [-0.2, -0.15) is 0 Å². The average molecular weight is 435 g/mol. The van der Waals surface area contributed by atoms with Crippen LogP contribution in [0.1, 0.15) is 12.5 Å². The molecule has 7 heteroatoms. The Hall–Kier alpha value is -2.12. The van der Waals surface area contributed by atoms with Crippen LogP contribution in [-0.4, -0.2) is 23.4 Å². The maximum absolute atomic E-state index is 12.1. The Morgan fingerprint density at radius 3 is 2.54 bits per heavy atom. The van der Waals surface area contributed by atoms with Crippen LogP contribution >= 0.6 is 27.7 Å². The van der Waals surface area contributed by atoms with Crippen molar-refractivity contribution in [2.24, 2.45) is 10.2 Å². The van der Waals surface area contributed by atoms with E-state index in [0.717, 1.165) is 14.9 Å². The summed E-state index contributed by atoms with van der Waals surface area (Å²) in [5.41, 5.74) is 1.51. The number of carbonyl (C=O) groups excluding carboxylic acids is 1. The molecule has 2 rings (SSSR count). The highest BCUT2D eigenvalue weighted by Gasteiger charge is 2.17. The number of halogens is 1. The molecule has 0 unspecified atom stereocenters. The van der Waals surface area contributed by atoms with Crippen LogP contribution in [0.15, 0.2) is 79.6 Å². The molecule has 0 bridgehead atoms. The van der Waals surface area contributed by atoms with Gasteiger partial charge in [-0.3, -0.25) is 0 Å². The maximum Gasteiger partial charge on any atom is 0.362 e. The van der Waals surface area contributed by atoms with Gasteiger partial charge >= 0.3 is 5.97 Å². The van der Waals surface area contributed by atoms with Crippen molar-refractivity contribution in [2.45, 2.75) is 18.7 Å². The van der Waals surface area contributed by atoms with Crippen LogP contribution in [0.5, 0.6) is 0 Å². The monoisotopic (exact) mass is 434 g/mol. The first-order valence-corrected chi connectivity index (χ1v) is 9.74. The van der Waals surface area contributed by atoms with Crippen molar-refractivity contribution in [3.05, 3.63) is 70.0 Å². The molecule has 136 valence electrons. The molecule has 0 spiro atoms. The third kappa shape index (κ3) is 6.00. The minimum absolute atomic E-state index is 0.176. The fraction of sp³-hybridized carbons (Fsp3) is 0.211. The largest absolute Gasteiger partial charge is 0.509 e. The van der Waals surface area contributed by atoms with Gasteiger partial charge in [0.15, 0.2) is 0 Å². The van der Waals surface area contributed by atoms with Gasteiger partial charge in [-0.15, -0.1) is 22.0 Å². The van der Waals surface area contributed by atoms with E-state index < -0.39 is 5.97 Å². The van der Waals surface area contributed by atoms with E-state index in [9.17, 15) is 9.90 Å². The number of aryl methyl sites for hydroxylation is 1. The number of rotatable bonds is 7. The maximum atomic E-state index is 12.1. The molecule has 2 aromatic rings. The third-order valence-corrected chi connectivity index (χ3v) is 4.94. The summed E-state index contributed by atoms with van der Waals surface area (Å²) in [6.07, 6.45) is 0. The van der Waals surface area contributed by atoms with Gasteiger partial charge < -0.3 is 9.84 Å². The van der Waals surface area contributed by atoms with Crippen LogP contribution in [0, 0.1) is 6.92 Å². The van der Waals surface area contributed by atoms with E-state index in [0.29, 0.717) is 5.69 Å². The van der Waals surface area contributed by atoms with Crippen molar-refractivity contribution in [1.82, 2.24) is 0 Å². The number of aliphatic hydroxyl groups is 1. The predicted octanol–water partition coefficient (Wildman–Crippen LogP) is 5.97. The Labute approximate surface area is 165 Å². The van der Waals surface area contributed by atoms with Crippen molar-refractivity contribution >= 4 is 39.3 Å². The van der Waals surface area contributed by atoms with Gasteiger partial charge in [-0.05, 0) is 54.0 Å². The lowest BCUT2D eigenvalue weighted by Gasteiger charge is -2.06. The average Bonchev–Trinajstić information content (AvgIpc) is 2.63. The Morgan fingerprint density at radius 2 is 1.88 bits per heavy atom. The van der Waals surface area contributed by atoms with Gasteiger partial charge in [0.2, 0.25) is 5.70 Å². The fourth-order valence-corrected chi connectivity index (χ4v) is 3.04. The molecule has 2 aromatic carbocycles. The lowest BCUT2D eigenvalue weighted by molar-refractivity contribution is -0.138. The van der Waals surface area contributed by atoms with Crippen LogP contribution in [0.2, 0.25) is 0 Å². The number of azo groups is 1. The molecule has 0 aliphatic rings. The zero-order valence-corrected chi connectivity index (χ0v) is 16.9. The predicted molar refractivity (Wildman–Crippen MR) is 107 cm³/mol. The molecule has 0 aliphatic heterocycles. The van der Waals surface area contributed by atoms with Gasteiger partial charge in [-0.25, -0.2) is 4.79 Å². The van der Waals surface area contributed by atoms with E-state index in [1.54, 1.807) is 19.1 Å². The molecule has 0 radical (unpaired) electrons. The fourth-order valence-electron chi connectivity index (χ4n) is 1.91. The first kappa shape index (κ1) is 20.2. The summed E-state index contributed by atoms with van der Waals surface area (Å²) in [6.45, 7) is 3.89. The number of benzene rings is 2. The van der Waals surface area contributed by atoms with E-state index in [2.05, 4.69) is 26.2 Å². The first-order chi connectivity index (χ1) is 12.5. The van der Waals surface area contributed by atoms with Crippen LogP contribution in [0.25, 0.3) is 0 Å². The Morgan fingerprint density at radius 1 is 1.19 bits per heavy atom. The number of hydrogen-bond acceptors (Lipinski definition) is 6. The standard InChI is InChI=1S/C19H19BrN2O3S/c1-3-25-19(24)18(22-21-16-7-5-4-6-15(16)20)17(23)12-26-14-10-8-13(2)9-11-14/h4-11,23H,3,12H2,1-2H3. The second kappa shape index (κ2) is 10.1. The molecule has 0 saturated heterocycles. The Balaban J connectivity index is 2.21. The first-order valence-electron chi connectivity index (χ1n) is 7.96. The van der Waals surface area contributed by atoms with Crippen LogP contribution < -0.4 is 0 Å². The molecule has 0 amide bonds. The van der Waals surface area contributed by atoms with Crippen molar-refractivity contribution in [3.8, 4) is 0 Å². The highest BCUT2D eigenvalue weighted by molar-refractivity contribution is 9.10. The van der Waals surface area contributed by atoms with Gasteiger partial charge in [0.1, 0.15) is 5.76 Å². The lowest BCUT2D eigenvalue weighted by atomic mass is 10.2. The summed E-state index contributed by atoms with van der Waals surface area (Å²) in [5, 5.41) is 18.3. The summed E-state index contributed by atoms with van der Waals surface area (Å²) in [5.74, 6) is -0.693. The summed E-state index contributed by atoms with van der Waals surface area (Å²) in [7, 11) is 0. The number of carbonyl (C=O) groups is 1. The van der Waals surface area contributed by atoms with Crippen molar-refractivity contribution in [2.75, 3.05) is 12.4 Å². The van der Waals surface area contributed by atoms with Crippen LogP contribution in [-0.2, 0) is 9.53 Å². The molecule has 0 saturated carbocycles. The molecule has 0 heterocycles. The normalized spacial score (nSPS) is 12.1. The zero-order chi connectivity index (χ0) is 18.9. The molecule has 5 nitrogen and oxygen atoms in total. The summed E-state index contributed by atoms with van der Waals surface area (Å²) in [4.78, 5) is 13.1. The van der Waals surface area contributed by atoms with Gasteiger partial charge in [0.25, 0.3) is 0 Å². The molecular weight excluding hydrogens is 416 g/mol. The minimum atomic E-state index is -0.703. The Bertz CT molecular complexity index is 820. The molecule has 1 N–H and O–H groups in total. The summed E-state index contributed by atoms with van der Waals surface area (Å²) in [6, 6.07) is 15.1. The number of nitrogens with zero attached hydrogens (tertiary/aromatic N) is 2. The van der Waals surface area contributed by atoms with Crippen LogP contribution in [0.3, 0.4) is 0 Å². The summed E-state index contributed by atoms with van der Waals surface area (Å²) >= 11 is 4.77. The molecule has 0 fully saturated rings. The van der Waals surface area contributed by atoms with Gasteiger partial charge in [0.05, 0.1) is 18.0 Å². The highest BCUT2D eigenvalue weighted by Crippen LogP contribution is 2.27. The van der Waals surface area contributed by atoms with Crippen molar-refractivity contribution < 1.29 is 14.6 Å². The van der Waals surface area contributed by atoms with E-state index in [1.807, 2.05) is 43.3 Å². The second-order valence-corrected chi connectivity index (χ2v) is 7.17.